The van der Waals surface area contributed by atoms with E-state index in [1.165, 1.54) is 14.2 Å². The number of ether oxygens (including phenoxy) is 2. The number of methoxy groups -OCH3 is 2. The predicted molar refractivity (Wildman–Crippen MR) is 177 cm³/mol. The van der Waals surface area contributed by atoms with Gasteiger partial charge in [-0.3, -0.25) is 4.79 Å². The molecule has 5 aromatic carbocycles. The fourth-order valence-corrected chi connectivity index (χ4v) is 6.04. The predicted octanol–water partition coefficient (Wildman–Crippen LogP) is 7.09. The molecule has 0 heterocycles. The maximum absolute atomic E-state index is 14.1. The van der Waals surface area contributed by atoms with Gasteiger partial charge in [-0.05, 0) is 88.9 Å². The van der Waals surface area contributed by atoms with Gasteiger partial charge >= 0.3 is 0 Å². The Hall–Kier alpha value is -4.81. The lowest BCUT2D eigenvalue weighted by molar-refractivity contribution is -0.125. The molecule has 3 atom stereocenters. The monoisotopic (exact) mass is 604 g/mol. The number of aliphatic hydroxyl groups excluding tert-OH is 1. The van der Waals surface area contributed by atoms with Crippen molar-refractivity contribution in [3.05, 3.63) is 131 Å². The molecule has 0 unspecified atom stereocenters. The summed E-state index contributed by atoms with van der Waals surface area (Å²) in [5, 5.41) is 34.2. The molecule has 6 nitrogen and oxygen atoms in total. The molecule has 0 aliphatic rings. The lowest BCUT2D eigenvalue weighted by Gasteiger charge is -2.25. The summed E-state index contributed by atoms with van der Waals surface area (Å²) < 4.78 is 10.6. The lowest BCUT2D eigenvalue weighted by Crippen LogP contribution is -2.31. The van der Waals surface area contributed by atoms with Crippen LogP contribution in [0.15, 0.2) is 109 Å². The van der Waals surface area contributed by atoms with Gasteiger partial charge in [0.15, 0.2) is 23.0 Å². The largest absolute Gasteiger partial charge is 0.504 e. The number of aromatic hydroxyl groups is 2. The molecule has 0 bridgehead atoms. The van der Waals surface area contributed by atoms with Gasteiger partial charge in [-0.15, -0.1) is 0 Å². The van der Waals surface area contributed by atoms with E-state index in [-0.39, 0.29) is 29.6 Å². The summed E-state index contributed by atoms with van der Waals surface area (Å²) in [7, 11) is 3.01. The molecule has 5 aromatic rings. The summed E-state index contributed by atoms with van der Waals surface area (Å²) in [6, 6.07) is 34.7. The van der Waals surface area contributed by atoms with Crippen molar-refractivity contribution in [1.82, 2.24) is 0 Å². The van der Waals surface area contributed by atoms with Crippen molar-refractivity contribution in [1.29, 1.82) is 0 Å². The van der Waals surface area contributed by atoms with Crippen LogP contribution >= 0.6 is 0 Å². The fraction of sp³-hybridized carbons (Fsp3) is 0.256. The van der Waals surface area contributed by atoms with Crippen LogP contribution in [0.1, 0.15) is 28.7 Å². The van der Waals surface area contributed by atoms with Gasteiger partial charge in [0.05, 0.1) is 20.3 Å². The second-order valence-electron chi connectivity index (χ2n) is 11.7. The van der Waals surface area contributed by atoms with Crippen LogP contribution in [0.2, 0.25) is 0 Å². The molecule has 232 valence electrons. The van der Waals surface area contributed by atoms with Gasteiger partial charge in [-0.25, -0.2) is 0 Å². The van der Waals surface area contributed by atoms with Gasteiger partial charge in [-0.1, -0.05) is 84.9 Å². The quantitative estimate of drug-likeness (QED) is 0.125. The first-order valence-electron chi connectivity index (χ1n) is 15.3. The molecule has 0 amide bonds. The molecule has 0 saturated carbocycles. The minimum Gasteiger partial charge on any atom is -0.504 e. The standard InChI is InChI=1S/C39H40O6/c1-44-38-23-28(13-16-34(38)40)21-32(18-26-8-4-3-5-9-26)36(42)25-37(43)33(22-29-14-17-35(41)39(24-29)45-2)20-27-12-15-30-10-6-7-11-31(30)19-27/h3-17,19,23-24,32-33,36,40-42H,18,20-22,25H2,1-2H3/t32-,33-,36+/m0/s1. The Kier molecular flexibility index (Phi) is 10.4. The number of Topliss-reactive ketones (excluding diaryl/α,β-unsaturated/α-hetero) is 1. The van der Waals surface area contributed by atoms with Crippen molar-refractivity contribution in [2.75, 3.05) is 14.2 Å². The Morgan fingerprint density at radius 3 is 1.73 bits per heavy atom. The Morgan fingerprint density at radius 2 is 1.11 bits per heavy atom. The van der Waals surface area contributed by atoms with Crippen molar-refractivity contribution in [3.8, 4) is 23.0 Å². The van der Waals surface area contributed by atoms with Gasteiger partial charge in [0.1, 0.15) is 5.78 Å². The molecule has 6 heteroatoms. The van der Waals surface area contributed by atoms with Crippen molar-refractivity contribution >= 4 is 16.6 Å². The molecule has 0 aliphatic carbocycles. The van der Waals surface area contributed by atoms with Gasteiger partial charge in [0.25, 0.3) is 0 Å². The molecular weight excluding hydrogens is 564 g/mol. The number of phenols is 2. The van der Waals surface area contributed by atoms with Crippen molar-refractivity contribution < 1.29 is 29.6 Å². The molecule has 0 spiro atoms. The molecule has 45 heavy (non-hydrogen) atoms. The van der Waals surface area contributed by atoms with E-state index in [9.17, 15) is 20.1 Å². The third kappa shape index (κ3) is 8.22. The first-order valence-corrected chi connectivity index (χ1v) is 15.3. The molecule has 0 aromatic heterocycles. The third-order valence-electron chi connectivity index (χ3n) is 8.51. The molecule has 0 aliphatic heterocycles. The van der Waals surface area contributed by atoms with E-state index in [1.54, 1.807) is 24.3 Å². The number of phenolic OH excluding ortho intramolecular Hbond substituents is 2. The number of ketones is 1. The highest BCUT2D eigenvalue weighted by Gasteiger charge is 2.28. The van der Waals surface area contributed by atoms with Crippen LogP contribution in [-0.4, -0.2) is 41.4 Å². The lowest BCUT2D eigenvalue weighted by atomic mass is 9.82. The van der Waals surface area contributed by atoms with Gasteiger partial charge < -0.3 is 24.8 Å². The minimum atomic E-state index is -0.897. The topological polar surface area (TPSA) is 96.2 Å². The number of hydrogen-bond acceptors (Lipinski definition) is 6. The summed E-state index contributed by atoms with van der Waals surface area (Å²) >= 11 is 0. The van der Waals surface area contributed by atoms with Crippen LogP contribution in [0.25, 0.3) is 10.8 Å². The highest BCUT2D eigenvalue weighted by Crippen LogP contribution is 2.31. The Bertz CT molecular complexity index is 1730. The van der Waals surface area contributed by atoms with Gasteiger partial charge in [0, 0.05) is 12.3 Å². The number of fused-ring (bicyclic) bond motifs is 1. The van der Waals surface area contributed by atoms with Crippen LogP contribution in [0, 0.1) is 11.8 Å². The van der Waals surface area contributed by atoms with Crippen LogP contribution in [0.5, 0.6) is 23.0 Å². The maximum Gasteiger partial charge on any atom is 0.160 e. The van der Waals surface area contributed by atoms with E-state index >= 15 is 0 Å². The summed E-state index contributed by atoms with van der Waals surface area (Å²) in [6.07, 6.45) is 1.14. The van der Waals surface area contributed by atoms with Crippen LogP contribution in [0.3, 0.4) is 0 Å². The van der Waals surface area contributed by atoms with E-state index in [4.69, 9.17) is 9.47 Å². The normalized spacial score (nSPS) is 13.2. The number of rotatable bonds is 14. The second kappa shape index (κ2) is 14.8. The maximum atomic E-state index is 14.1. The zero-order valence-electron chi connectivity index (χ0n) is 25.7. The molecule has 0 saturated heterocycles. The average molecular weight is 605 g/mol. The first kappa shape index (κ1) is 31.6. The third-order valence-corrected chi connectivity index (χ3v) is 8.51. The van der Waals surface area contributed by atoms with Crippen molar-refractivity contribution in [2.24, 2.45) is 11.8 Å². The highest BCUT2D eigenvalue weighted by atomic mass is 16.5. The first-order chi connectivity index (χ1) is 21.8. The van der Waals surface area contributed by atoms with E-state index in [2.05, 4.69) is 30.3 Å². The Morgan fingerprint density at radius 1 is 0.600 bits per heavy atom. The Labute approximate surface area is 264 Å². The number of aliphatic hydroxyl groups is 1. The molecule has 0 fully saturated rings. The average Bonchev–Trinajstić information content (AvgIpc) is 3.06. The van der Waals surface area contributed by atoms with Crippen molar-refractivity contribution in [2.45, 2.75) is 38.2 Å². The van der Waals surface area contributed by atoms with Gasteiger partial charge in [0.2, 0.25) is 0 Å². The smallest absolute Gasteiger partial charge is 0.160 e. The summed E-state index contributed by atoms with van der Waals surface area (Å²) in [5.74, 6) is 0.154. The number of benzene rings is 5. The van der Waals surface area contributed by atoms with Crippen LogP contribution in [-0.2, 0) is 30.5 Å². The summed E-state index contributed by atoms with van der Waals surface area (Å²) in [4.78, 5) is 14.1. The van der Waals surface area contributed by atoms with Crippen LogP contribution < -0.4 is 9.47 Å². The van der Waals surface area contributed by atoms with Crippen molar-refractivity contribution in [3.63, 3.8) is 0 Å². The van der Waals surface area contributed by atoms with E-state index < -0.39 is 12.0 Å². The van der Waals surface area contributed by atoms with E-state index in [0.29, 0.717) is 37.2 Å². The van der Waals surface area contributed by atoms with E-state index in [0.717, 1.165) is 33.0 Å². The zero-order valence-corrected chi connectivity index (χ0v) is 25.7. The Balaban J connectivity index is 1.41. The fourth-order valence-electron chi connectivity index (χ4n) is 6.04. The van der Waals surface area contributed by atoms with E-state index in [1.807, 2.05) is 54.6 Å². The highest BCUT2D eigenvalue weighted by molar-refractivity contribution is 5.84. The number of hydrogen-bond donors (Lipinski definition) is 3. The van der Waals surface area contributed by atoms with Gasteiger partial charge in [-0.2, -0.15) is 0 Å². The number of carbonyl (C=O) groups is 1. The molecule has 5 rings (SSSR count). The number of carbonyl (C=O) groups excluding carboxylic acids is 1. The van der Waals surface area contributed by atoms with Crippen LogP contribution in [0.4, 0.5) is 0 Å². The summed E-state index contributed by atoms with van der Waals surface area (Å²) in [6.45, 7) is 0. The second-order valence-corrected chi connectivity index (χ2v) is 11.7. The molecule has 3 N–H and O–H groups in total. The molecular formula is C39H40O6. The SMILES string of the molecule is COc1cc(C[C@H](Cc2ccc3ccccc3c2)C(=O)C[C@@H](O)[C@@H](Cc2ccccc2)Cc2ccc(O)c(OC)c2)ccc1O. The molecule has 0 radical (unpaired) electrons. The minimum absolute atomic E-state index is 0.000184. The zero-order chi connectivity index (χ0) is 31.8. The summed E-state index contributed by atoms with van der Waals surface area (Å²) in [5.41, 5.74) is 3.89.